The summed E-state index contributed by atoms with van der Waals surface area (Å²) in [5, 5.41) is 9.43. The number of halogens is 1. The molecule has 0 aliphatic carbocycles. The maximum absolute atomic E-state index is 11.7. The summed E-state index contributed by atoms with van der Waals surface area (Å²) in [6, 6.07) is 7.43. The average Bonchev–Trinajstić information content (AvgIpc) is 2.41. The average molecular weight is 277 g/mol. The van der Waals surface area contributed by atoms with Gasteiger partial charge in [0, 0.05) is 11.6 Å². The van der Waals surface area contributed by atoms with E-state index in [-0.39, 0.29) is 11.8 Å². The van der Waals surface area contributed by atoms with Crippen molar-refractivity contribution in [2.75, 3.05) is 6.54 Å². The summed E-state index contributed by atoms with van der Waals surface area (Å²) in [4.78, 5) is 13.9. The minimum atomic E-state index is 0.0143. The maximum atomic E-state index is 11.7. The quantitative estimate of drug-likeness (QED) is 0.852. The van der Waals surface area contributed by atoms with Crippen LogP contribution in [0.4, 0.5) is 0 Å². The Morgan fingerprint density at radius 2 is 2.32 bits per heavy atom. The predicted octanol–water partition coefficient (Wildman–Crippen LogP) is 3.16. The Balaban J connectivity index is 2.15. The third kappa shape index (κ3) is 3.34. The molecule has 1 fully saturated rings. The molecule has 1 aliphatic heterocycles. The molecule has 1 aliphatic rings. The molecular weight excluding hydrogens is 260 g/mol. The van der Waals surface area contributed by atoms with Crippen LogP contribution in [0.5, 0.6) is 0 Å². The number of nitrogens with zero attached hydrogens (tertiary/aromatic N) is 2. The molecule has 0 N–H and O–H groups in total. The first-order valence-electron chi connectivity index (χ1n) is 6.55. The van der Waals surface area contributed by atoms with Crippen molar-refractivity contribution >= 4 is 17.4 Å². The first-order valence-corrected chi connectivity index (χ1v) is 6.92. The van der Waals surface area contributed by atoms with E-state index in [0.717, 1.165) is 31.4 Å². The zero-order chi connectivity index (χ0) is 13.8. The number of carbonyl (C=O) groups excluding carboxylic acids is 1. The molecule has 1 aromatic carbocycles. The Hall–Kier alpha value is -1.37. The summed E-state index contributed by atoms with van der Waals surface area (Å²) in [5.41, 5.74) is 1.55. The standard InChI is InChI=1S/C15H17ClN2O/c1-11(19)15-4-2-3-7-18(15)10-13-6-5-12(9-17)8-14(13)16/h5-6,8,15H,2-4,7,10H2,1H3. The van der Waals surface area contributed by atoms with E-state index in [4.69, 9.17) is 16.9 Å². The second kappa shape index (κ2) is 6.18. The smallest absolute Gasteiger partial charge is 0.146 e. The number of hydrogen-bond acceptors (Lipinski definition) is 3. The minimum Gasteiger partial charge on any atom is -0.298 e. The normalized spacial score (nSPS) is 19.9. The molecule has 19 heavy (non-hydrogen) atoms. The van der Waals surface area contributed by atoms with Gasteiger partial charge in [-0.1, -0.05) is 24.1 Å². The molecule has 100 valence electrons. The van der Waals surface area contributed by atoms with Gasteiger partial charge in [0.2, 0.25) is 0 Å². The minimum absolute atomic E-state index is 0.0143. The highest BCUT2D eigenvalue weighted by Gasteiger charge is 2.26. The highest BCUT2D eigenvalue weighted by molar-refractivity contribution is 6.31. The first-order chi connectivity index (χ1) is 9.11. The summed E-state index contributed by atoms with van der Waals surface area (Å²) >= 11 is 6.19. The fourth-order valence-corrected chi connectivity index (χ4v) is 2.84. The molecule has 0 aromatic heterocycles. The molecule has 0 radical (unpaired) electrons. The summed E-state index contributed by atoms with van der Waals surface area (Å²) in [6.07, 6.45) is 3.17. The van der Waals surface area contributed by atoms with E-state index < -0.39 is 0 Å². The van der Waals surface area contributed by atoms with Gasteiger partial charge >= 0.3 is 0 Å². The molecule has 1 aromatic rings. The number of likely N-dealkylation sites (tertiary alicyclic amines) is 1. The third-order valence-electron chi connectivity index (χ3n) is 3.64. The van der Waals surface area contributed by atoms with Crippen LogP contribution in [0.1, 0.15) is 37.3 Å². The highest BCUT2D eigenvalue weighted by atomic mass is 35.5. The van der Waals surface area contributed by atoms with Crippen LogP contribution in [0, 0.1) is 11.3 Å². The van der Waals surface area contributed by atoms with Crippen LogP contribution in [0.2, 0.25) is 5.02 Å². The van der Waals surface area contributed by atoms with Gasteiger partial charge in [0.15, 0.2) is 0 Å². The van der Waals surface area contributed by atoms with E-state index in [1.807, 2.05) is 6.07 Å². The number of nitriles is 1. The van der Waals surface area contributed by atoms with E-state index in [0.29, 0.717) is 17.1 Å². The van der Waals surface area contributed by atoms with Crippen LogP contribution >= 0.6 is 11.6 Å². The molecule has 1 saturated heterocycles. The Labute approximate surface area is 118 Å². The van der Waals surface area contributed by atoms with Crippen LogP contribution in [-0.4, -0.2) is 23.3 Å². The van der Waals surface area contributed by atoms with Gasteiger partial charge in [0.1, 0.15) is 5.78 Å². The van der Waals surface area contributed by atoms with Gasteiger partial charge < -0.3 is 0 Å². The Morgan fingerprint density at radius 3 is 2.95 bits per heavy atom. The van der Waals surface area contributed by atoms with Crippen molar-refractivity contribution in [3.05, 3.63) is 34.3 Å². The molecule has 1 unspecified atom stereocenters. The number of benzene rings is 1. The van der Waals surface area contributed by atoms with Crippen molar-refractivity contribution in [1.82, 2.24) is 4.90 Å². The molecule has 2 rings (SSSR count). The van der Waals surface area contributed by atoms with Crippen LogP contribution in [0.25, 0.3) is 0 Å². The lowest BCUT2D eigenvalue weighted by Gasteiger charge is -2.34. The topological polar surface area (TPSA) is 44.1 Å². The number of piperidine rings is 1. The Bertz CT molecular complexity index is 521. The van der Waals surface area contributed by atoms with Gasteiger partial charge in [-0.25, -0.2) is 0 Å². The van der Waals surface area contributed by atoms with E-state index in [1.54, 1.807) is 19.1 Å². The molecule has 0 saturated carbocycles. The summed E-state index contributed by atoms with van der Waals surface area (Å²) in [6.45, 7) is 3.26. The van der Waals surface area contributed by atoms with Gasteiger partial charge in [-0.15, -0.1) is 0 Å². The zero-order valence-corrected chi connectivity index (χ0v) is 11.8. The number of carbonyl (C=O) groups is 1. The van der Waals surface area contributed by atoms with Gasteiger partial charge in [-0.05, 0) is 44.0 Å². The fourth-order valence-electron chi connectivity index (χ4n) is 2.60. The molecule has 0 bridgehead atoms. The van der Waals surface area contributed by atoms with Crippen LogP contribution in [0.3, 0.4) is 0 Å². The predicted molar refractivity (Wildman–Crippen MR) is 74.9 cm³/mol. The van der Waals surface area contributed by atoms with Crippen molar-refractivity contribution in [3.63, 3.8) is 0 Å². The molecular formula is C15H17ClN2O. The zero-order valence-electron chi connectivity index (χ0n) is 11.0. The molecule has 3 nitrogen and oxygen atoms in total. The maximum Gasteiger partial charge on any atom is 0.146 e. The van der Waals surface area contributed by atoms with Crippen LogP contribution in [0.15, 0.2) is 18.2 Å². The van der Waals surface area contributed by atoms with E-state index in [1.165, 1.54) is 0 Å². The lowest BCUT2D eigenvalue weighted by Crippen LogP contribution is -2.43. The Morgan fingerprint density at radius 1 is 1.53 bits per heavy atom. The van der Waals surface area contributed by atoms with Crippen molar-refractivity contribution in [2.24, 2.45) is 0 Å². The van der Waals surface area contributed by atoms with Crippen LogP contribution in [-0.2, 0) is 11.3 Å². The van der Waals surface area contributed by atoms with Crippen molar-refractivity contribution in [3.8, 4) is 6.07 Å². The largest absolute Gasteiger partial charge is 0.298 e. The molecule has 4 heteroatoms. The summed E-state index contributed by atoms with van der Waals surface area (Å²) in [7, 11) is 0. The van der Waals surface area contributed by atoms with E-state index in [2.05, 4.69) is 11.0 Å². The summed E-state index contributed by atoms with van der Waals surface area (Å²) in [5.74, 6) is 0.226. The molecule has 0 amide bonds. The van der Waals surface area contributed by atoms with E-state index >= 15 is 0 Å². The Kier molecular flexibility index (Phi) is 4.57. The van der Waals surface area contributed by atoms with Gasteiger partial charge in [0.25, 0.3) is 0 Å². The number of hydrogen-bond donors (Lipinski definition) is 0. The van der Waals surface area contributed by atoms with Crippen LogP contribution < -0.4 is 0 Å². The number of Topliss-reactive ketones (excluding diaryl/α,β-unsaturated/α-hetero) is 1. The van der Waals surface area contributed by atoms with Gasteiger partial charge in [0.05, 0.1) is 17.7 Å². The SMILES string of the molecule is CC(=O)C1CCCCN1Cc1ccc(C#N)cc1Cl. The van der Waals surface area contributed by atoms with Gasteiger partial charge in [-0.2, -0.15) is 5.26 Å². The van der Waals surface area contributed by atoms with Crippen molar-refractivity contribution in [1.29, 1.82) is 5.26 Å². The number of ketones is 1. The summed E-state index contributed by atoms with van der Waals surface area (Å²) < 4.78 is 0. The highest BCUT2D eigenvalue weighted by Crippen LogP contribution is 2.24. The first kappa shape index (κ1) is 14.0. The third-order valence-corrected chi connectivity index (χ3v) is 3.99. The molecule has 1 atom stereocenters. The second-order valence-electron chi connectivity index (χ2n) is 5.01. The van der Waals surface area contributed by atoms with Gasteiger partial charge in [-0.3, -0.25) is 9.69 Å². The molecule has 0 spiro atoms. The monoisotopic (exact) mass is 276 g/mol. The van der Waals surface area contributed by atoms with Crippen molar-refractivity contribution in [2.45, 2.75) is 38.8 Å². The second-order valence-corrected chi connectivity index (χ2v) is 5.42. The lowest BCUT2D eigenvalue weighted by atomic mass is 9.98. The lowest BCUT2D eigenvalue weighted by molar-refractivity contribution is -0.123. The number of rotatable bonds is 3. The molecule has 1 heterocycles. The fraction of sp³-hybridized carbons (Fsp3) is 0.467. The van der Waals surface area contributed by atoms with E-state index in [9.17, 15) is 4.79 Å². The van der Waals surface area contributed by atoms with Crippen molar-refractivity contribution < 1.29 is 4.79 Å².